The molecule has 0 saturated carbocycles. The maximum atomic E-state index is 5.65. The van der Waals surface area contributed by atoms with Crippen molar-refractivity contribution in [3.63, 3.8) is 0 Å². The van der Waals surface area contributed by atoms with Crippen LogP contribution in [0, 0.1) is 5.92 Å². The number of fused-ring (bicyclic) bond motifs is 1. The van der Waals surface area contributed by atoms with Crippen LogP contribution in [0.2, 0.25) is 0 Å². The molecule has 0 aliphatic carbocycles. The summed E-state index contributed by atoms with van der Waals surface area (Å²) < 4.78 is 1.87. The first-order chi connectivity index (χ1) is 8.22. The van der Waals surface area contributed by atoms with Crippen molar-refractivity contribution in [2.75, 3.05) is 24.5 Å². The van der Waals surface area contributed by atoms with E-state index in [0.29, 0.717) is 12.5 Å². The van der Waals surface area contributed by atoms with Gasteiger partial charge < -0.3 is 10.6 Å². The number of aromatic nitrogens is 4. The first kappa shape index (κ1) is 11.8. The fourth-order valence-electron chi connectivity index (χ4n) is 1.85. The highest BCUT2D eigenvalue weighted by Gasteiger charge is 2.14. The Kier molecular flexibility index (Phi) is 3.53. The van der Waals surface area contributed by atoms with Crippen LogP contribution in [0.4, 0.5) is 5.82 Å². The zero-order chi connectivity index (χ0) is 12.3. The molecule has 0 bridgehead atoms. The maximum Gasteiger partial charge on any atom is 0.203 e. The van der Waals surface area contributed by atoms with E-state index in [4.69, 9.17) is 5.73 Å². The fraction of sp³-hybridized carbons (Fsp3) is 0.545. The van der Waals surface area contributed by atoms with E-state index in [1.807, 2.05) is 10.6 Å². The van der Waals surface area contributed by atoms with E-state index in [2.05, 4.69) is 33.9 Å². The van der Waals surface area contributed by atoms with Gasteiger partial charge in [0.15, 0.2) is 5.82 Å². The third-order valence-electron chi connectivity index (χ3n) is 2.48. The Morgan fingerprint density at radius 3 is 3.00 bits per heavy atom. The summed E-state index contributed by atoms with van der Waals surface area (Å²) in [6, 6.07) is 0. The Morgan fingerprint density at radius 1 is 1.47 bits per heavy atom. The van der Waals surface area contributed by atoms with Gasteiger partial charge in [0, 0.05) is 32.0 Å². The standard InChI is InChI=1S/C11H18N6/c1-9(2)7-16(5-3-12)10-11-15-14-8-17(11)6-4-13-10/h4,6,8-9H,3,5,7,12H2,1-2H3. The SMILES string of the molecule is CC(C)CN(CCN)c1nccn2cnnc12. The molecule has 0 aromatic carbocycles. The molecule has 0 atom stereocenters. The molecule has 0 amide bonds. The molecule has 92 valence electrons. The second kappa shape index (κ2) is 5.09. The predicted octanol–water partition coefficient (Wildman–Crippen LogP) is 0.545. The molecule has 2 aromatic rings. The summed E-state index contributed by atoms with van der Waals surface area (Å²) in [7, 11) is 0. The Labute approximate surface area is 100 Å². The van der Waals surface area contributed by atoms with Crippen molar-refractivity contribution < 1.29 is 0 Å². The Morgan fingerprint density at radius 2 is 2.29 bits per heavy atom. The molecule has 0 aliphatic rings. The molecular formula is C11H18N6. The largest absolute Gasteiger partial charge is 0.352 e. The van der Waals surface area contributed by atoms with Crippen LogP contribution in [0.1, 0.15) is 13.8 Å². The van der Waals surface area contributed by atoms with Gasteiger partial charge in [-0.25, -0.2) is 4.98 Å². The van der Waals surface area contributed by atoms with Gasteiger partial charge in [-0.2, -0.15) is 0 Å². The van der Waals surface area contributed by atoms with Crippen molar-refractivity contribution in [2.24, 2.45) is 11.7 Å². The smallest absolute Gasteiger partial charge is 0.203 e. The number of nitrogens with zero attached hydrogens (tertiary/aromatic N) is 5. The second-order valence-electron chi connectivity index (χ2n) is 4.44. The molecule has 0 fully saturated rings. The normalized spacial score (nSPS) is 11.3. The van der Waals surface area contributed by atoms with Crippen molar-refractivity contribution in [3.05, 3.63) is 18.7 Å². The summed E-state index contributed by atoms with van der Waals surface area (Å²) in [4.78, 5) is 6.56. The van der Waals surface area contributed by atoms with Crippen molar-refractivity contribution >= 4 is 11.5 Å². The van der Waals surface area contributed by atoms with E-state index >= 15 is 0 Å². The molecule has 17 heavy (non-hydrogen) atoms. The monoisotopic (exact) mass is 234 g/mol. The van der Waals surface area contributed by atoms with E-state index in [0.717, 1.165) is 24.6 Å². The minimum Gasteiger partial charge on any atom is -0.352 e. The van der Waals surface area contributed by atoms with Crippen LogP contribution in [0.25, 0.3) is 5.65 Å². The average molecular weight is 234 g/mol. The Hall–Kier alpha value is -1.69. The molecule has 2 N–H and O–H groups in total. The lowest BCUT2D eigenvalue weighted by Crippen LogP contribution is -2.33. The van der Waals surface area contributed by atoms with Crippen LogP contribution < -0.4 is 10.6 Å². The Balaban J connectivity index is 2.36. The predicted molar refractivity (Wildman–Crippen MR) is 66.9 cm³/mol. The van der Waals surface area contributed by atoms with Gasteiger partial charge in [0.2, 0.25) is 5.65 Å². The van der Waals surface area contributed by atoms with E-state index in [9.17, 15) is 0 Å². The van der Waals surface area contributed by atoms with Gasteiger partial charge >= 0.3 is 0 Å². The van der Waals surface area contributed by atoms with Crippen molar-refractivity contribution in [1.29, 1.82) is 0 Å². The molecule has 0 unspecified atom stereocenters. The van der Waals surface area contributed by atoms with Crippen LogP contribution >= 0.6 is 0 Å². The zero-order valence-corrected chi connectivity index (χ0v) is 10.2. The molecule has 0 aliphatic heterocycles. The first-order valence-corrected chi connectivity index (χ1v) is 5.81. The van der Waals surface area contributed by atoms with Crippen LogP contribution in [-0.2, 0) is 0 Å². The lowest BCUT2D eigenvalue weighted by Gasteiger charge is -2.24. The van der Waals surface area contributed by atoms with Crippen LogP contribution in [0.15, 0.2) is 18.7 Å². The van der Waals surface area contributed by atoms with Crippen molar-refractivity contribution in [2.45, 2.75) is 13.8 Å². The van der Waals surface area contributed by atoms with Gasteiger partial charge in [-0.3, -0.25) is 4.40 Å². The number of nitrogens with two attached hydrogens (primary N) is 1. The van der Waals surface area contributed by atoms with Gasteiger partial charge in [0.1, 0.15) is 6.33 Å². The molecule has 6 heteroatoms. The fourth-order valence-corrected chi connectivity index (χ4v) is 1.85. The molecule has 6 nitrogen and oxygen atoms in total. The highest BCUT2D eigenvalue weighted by Crippen LogP contribution is 2.16. The molecule has 2 heterocycles. The molecular weight excluding hydrogens is 216 g/mol. The number of rotatable bonds is 5. The average Bonchev–Trinajstić information content (AvgIpc) is 2.75. The summed E-state index contributed by atoms with van der Waals surface area (Å²) in [6.07, 6.45) is 5.28. The highest BCUT2D eigenvalue weighted by molar-refractivity contribution is 5.63. The third-order valence-corrected chi connectivity index (χ3v) is 2.48. The molecule has 2 aromatic heterocycles. The van der Waals surface area contributed by atoms with E-state index in [1.54, 1.807) is 12.5 Å². The summed E-state index contributed by atoms with van der Waals surface area (Å²) in [6.45, 7) is 6.64. The maximum absolute atomic E-state index is 5.65. The highest BCUT2D eigenvalue weighted by atomic mass is 15.3. The van der Waals surface area contributed by atoms with Crippen LogP contribution in [0.3, 0.4) is 0 Å². The van der Waals surface area contributed by atoms with Crippen molar-refractivity contribution in [3.8, 4) is 0 Å². The molecule has 0 radical (unpaired) electrons. The first-order valence-electron chi connectivity index (χ1n) is 5.81. The minimum atomic E-state index is 0.548. The van der Waals surface area contributed by atoms with Crippen LogP contribution in [-0.4, -0.2) is 39.2 Å². The number of hydrogen-bond donors (Lipinski definition) is 1. The van der Waals surface area contributed by atoms with Gasteiger partial charge in [-0.05, 0) is 5.92 Å². The lowest BCUT2D eigenvalue weighted by atomic mass is 10.2. The van der Waals surface area contributed by atoms with E-state index in [-0.39, 0.29) is 0 Å². The lowest BCUT2D eigenvalue weighted by molar-refractivity contribution is 0.607. The minimum absolute atomic E-state index is 0.548. The number of hydrogen-bond acceptors (Lipinski definition) is 5. The van der Waals surface area contributed by atoms with Gasteiger partial charge in [-0.15, -0.1) is 10.2 Å². The van der Waals surface area contributed by atoms with E-state index < -0.39 is 0 Å². The van der Waals surface area contributed by atoms with Crippen molar-refractivity contribution in [1.82, 2.24) is 19.6 Å². The van der Waals surface area contributed by atoms with Gasteiger partial charge in [0.25, 0.3) is 0 Å². The quantitative estimate of drug-likeness (QED) is 0.817. The van der Waals surface area contributed by atoms with Gasteiger partial charge in [-0.1, -0.05) is 13.8 Å². The summed E-state index contributed by atoms with van der Waals surface area (Å²) in [5.74, 6) is 1.40. The summed E-state index contributed by atoms with van der Waals surface area (Å²) in [5, 5.41) is 8.00. The Bertz CT molecular complexity index is 478. The molecule has 2 rings (SSSR count). The second-order valence-corrected chi connectivity index (χ2v) is 4.44. The number of anilines is 1. The topological polar surface area (TPSA) is 72.3 Å². The molecule has 0 spiro atoms. The van der Waals surface area contributed by atoms with Crippen LogP contribution in [0.5, 0.6) is 0 Å². The van der Waals surface area contributed by atoms with Gasteiger partial charge in [0.05, 0.1) is 0 Å². The zero-order valence-electron chi connectivity index (χ0n) is 10.2. The van der Waals surface area contributed by atoms with E-state index in [1.165, 1.54) is 0 Å². The summed E-state index contributed by atoms with van der Waals surface area (Å²) in [5.41, 5.74) is 6.43. The third kappa shape index (κ3) is 2.52. The molecule has 0 saturated heterocycles. The summed E-state index contributed by atoms with van der Waals surface area (Å²) >= 11 is 0.